The Balaban J connectivity index is 1.55. The van der Waals surface area contributed by atoms with Crippen molar-refractivity contribution < 1.29 is 9.47 Å². The first-order chi connectivity index (χ1) is 14.4. The Morgan fingerprint density at radius 2 is 1.38 bits per heavy atom. The Labute approximate surface area is 168 Å². The van der Waals surface area contributed by atoms with Crippen molar-refractivity contribution in [2.24, 2.45) is 0 Å². The zero-order chi connectivity index (χ0) is 19.5. The number of hydrogen-bond donors (Lipinski definition) is 0. The molecule has 0 aliphatic carbocycles. The average molecular weight is 394 g/mol. The van der Waals surface area contributed by atoms with Crippen LogP contribution in [0.25, 0.3) is 17.3 Å². The van der Waals surface area contributed by atoms with Gasteiger partial charge < -0.3 is 19.3 Å². The monoisotopic (exact) mass is 394 g/mol. The summed E-state index contributed by atoms with van der Waals surface area (Å²) in [6.07, 6.45) is 3.59. The van der Waals surface area contributed by atoms with Crippen LogP contribution >= 0.6 is 0 Å². The summed E-state index contributed by atoms with van der Waals surface area (Å²) in [6, 6.07) is 7.62. The molecule has 0 spiro atoms. The molecule has 3 aromatic heterocycles. The third kappa shape index (κ3) is 3.89. The Morgan fingerprint density at radius 3 is 1.97 bits per heavy atom. The van der Waals surface area contributed by atoms with Gasteiger partial charge in [0.1, 0.15) is 5.69 Å². The minimum absolute atomic E-state index is 0.553. The van der Waals surface area contributed by atoms with E-state index >= 15 is 0 Å². The van der Waals surface area contributed by atoms with Gasteiger partial charge in [-0.15, -0.1) is 0 Å². The fraction of sp³-hybridized carbons (Fsp3) is 0.421. The van der Waals surface area contributed by atoms with Crippen molar-refractivity contribution in [2.45, 2.75) is 0 Å². The Bertz CT molecular complexity index is 916. The van der Waals surface area contributed by atoms with Gasteiger partial charge in [0.05, 0.1) is 26.4 Å². The van der Waals surface area contributed by atoms with Crippen molar-refractivity contribution in [3.63, 3.8) is 0 Å². The highest BCUT2D eigenvalue weighted by Gasteiger charge is 2.21. The molecule has 150 valence electrons. The quantitative estimate of drug-likeness (QED) is 0.636. The molecule has 0 bridgehead atoms. The lowest BCUT2D eigenvalue weighted by Crippen LogP contribution is -2.40. The molecule has 2 fully saturated rings. The summed E-state index contributed by atoms with van der Waals surface area (Å²) in [5, 5.41) is 4.26. The first kappa shape index (κ1) is 18.0. The van der Waals surface area contributed by atoms with Gasteiger partial charge in [-0.1, -0.05) is 6.07 Å². The Kier molecular flexibility index (Phi) is 5.01. The van der Waals surface area contributed by atoms with E-state index in [4.69, 9.17) is 29.4 Å². The SMILES string of the molecule is c1cc(-c2nc(N3CCOCC3)nc(N3CCOCC3)n2)nc(-n2cccn2)c1. The lowest BCUT2D eigenvalue weighted by atomic mass is 10.3. The molecule has 2 aliphatic rings. The fourth-order valence-corrected chi connectivity index (χ4v) is 3.36. The lowest BCUT2D eigenvalue weighted by molar-refractivity contribution is 0.121. The molecule has 0 saturated carbocycles. The van der Waals surface area contributed by atoms with Crippen LogP contribution in [-0.4, -0.2) is 82.3 Å². The molecule has 10 nitrogen and oxygen atoms in total. The molecule has 0 unspecified atom stereocenters. The maximum Gasteiger partial charge on any atom is 0.230 e. The number of rotatable bonds is 4. The molecule has 2 aliphatic heterocycles. The van der Waals surface area contributed by atoms with E-state index in [1.165, 1.54) is 0 Å². The predicted molar refractivity (Wildman–Crippen MR) is 106 cm³/mol. The van der Waals surface area contributed by atoms with Gasteiger partial charge >= 0.3 is 0 Å². The van der Waals surface area contributed by atoms with E-state index in [9.17, 15) is 0 Å². The summed E-state index contributed by atoms with van der Waals surface area (Å²) in [5.74, 6) is 2.59. The molecule has 0 N–H and O–H groups in total. The summed E-state index contributed by atoms with van der Waals surface area (Å²) < 4.78 is 12.7. The molecule has 29 heavy (non-hydrogen) atoms. The summed E-state index contributed by atoms with van der Waals surface area (Å²) in [7, 11) is 0. The zero-order valence-corrected chi connectivity index (χ0v) is 16.0. The van der Waals surface area contributed by atoms with Crippen LogP contribution in [-0.2, 0) is 9.47 Å². The average Bonchev–Trinajstić information content (AvgIpc) is 3.35. The molecule has 5 heterocycles. The van der Waals surface area contributed by atoms with Crippen LogP contribution in [0.5, 0.6) is 0 Å². The van der Waals surface area contributed by atoms with Crippen molar-refractivity contribution in [3.8, 4) is 17.3 Å². The maximum atomic E-state index is 5.48. The number of pyridine rings is 1. The van der Waals surface area contributed by atoms with Crippen LogP contribution in [0.2, 0.25) is 0 Å². The summed E-state index contributed by atoms with van der Waals surface area (Å²) >= 11 is 0. The number of morpholine rings is 2. The molecule has 0 radical (unpaired) electrons. The molecular formula is C19H22N8O2. The molecule has 2 saturated heterocycles. The first-order valence-corrected chi connectivity index (χ1v) is 9.76. The van der Waals surface area contributed by atoms with Gasteiger partial charge in [-0.25, -0.2) is 9.67 Å². The highest BCUT2D eigenvalue weighted by atomic mass is 16.5. The predicted octanol–water partition coefficient (Wildman–Crippen LogP) is 0.792. The van der Waals surface area contributed by atoms with Crippen LogP contribution in [0.4, 0.5) is 11.9 Å². The molecule has 0 amide bonds. The highest BCUT2D eigenvalue weighted by Crippen LogP contribution is 2.22. The Morgan fingerprint density at radius 1 is 0.724 bits per heavy atom. The van der Waals surface area contributed by atoms with Gasteiger partial charge in [-0.2, -0.15) is 20.1 Å². The minimum Gasteiger partial charge on any atom is -0.378 e. The highest BCUT2D eigenvalue weighted by molar-refractivity contribution is 5.56. The molecule has 5 rings (SSSR count). The smallest absolute Gasteiger partial charge is 0.230 e. The standard InChI is InChI=1S/C19H22N8O2/c1-3-15(21-16(4-1)27-6-2-5-20-27)17-22-18(25-7-11-28-12-8-25)24-19(23-17)26-9-13-29-14-10-26/h1-6H,7-14H2. The number of aromatic nitrogens is 6. The normalized spacial score (nSPS) is 17.5. The van der Waals surface area contributed by atoms with Gasteiger partial charge in [-0.3, -0.25) is 0 Å². The first-order valence-electron chi connectivity index (χ1n) is 9.76. The second-order valence-electron chi connectivity index (χ2n) is 6.79. The summed E-state index contributed by atoms with van der Waals surface area (Å²) in [4.78, 5) is 23.2. The number of hydrogen-bond acceptors (Lipinski definition) is 9. The van der Waals surface area contributed by atoms with Gasteiger partial charge in [0, 0.05) is 38.6 Å². The third-order valence-electron chi connectivity index (χ3n) is 4.90. The molecule has 0 aromatic carbocycles. The number of anilines is 2. The summed E-state index contributed by atoms with van der Waals surface area (Å²) in [6.45, 7) is 5.70. The van der Waals surface area contributed by atoms with Gasteiger partial charge in [0.2, 0.25) is 11.9 Å². The van der Waals surface area contributed by atoms with Crippen molar-refractivity contribution in [1.29, 1.82) is 0 Å². The van der Waals surface area contributed by atoms with E-state index in [2.05, 4.69) is 14.9 Å². The van der Waals surface area contributed by atoms with Crippen LogP contribution in [0.1, 0.15) is 0 Å². The van der Waals surface area contributed by atoms with Crippen LogP contribution in [0.3, 0.4) is 0 Å². The summed E-state index contributed by atoms with van der Waals surface area (Å²) in [5.41, 5.74) is 0.685. The van der Waals surface area contributed by atoms with Crippen LogP contribution in [0.15, 0.2) is 36.7 Å². The second kappa shape index (κ2) is 8.10. The Hall–Kier alpha value is -3.11. The van der Waals surface area contributed by atoms with E-state index in [1.54, 1.807) is 10.9 Å². The molecule has 0 atom stereocenters. The molecular weight excluding hydrogens is 372 g/mol. The van der Waals surface area contributed by atoms with E-state index in [0.29, 0.717) is 55.7 Å². The van der Waals surface area contributed by atoms with Gasteiger partial charge in [0.25, 0.3) is 0 Å². The topological polar surface area (TPSA) is 94.3 Å². The van der Waals surface area contributed by atoms with Gasteiger partial charge in [-0.05, 0) is 18.2 Å². The molecule has 10 heteroatoms. The number of nitrogens with zero attached hydrogens (tertiary/aromatic N) is 8. The minimum atomic E-state index is 0.553. The van der Waals surface area contributed by atoms with Crippen molar-refractivity contribution in [3.05, 3.63) is 36.7 Å². The van der Waals surface area contributed by atoms with Gasteiger partial charge in [0.15, 0.2) is 11.6 Å². The van der Waals surface area contributed by atoms with E-state index in [-0.39, 0.29) is 0 Å². The van der Waals surface area contributed by atoms with Crippen LogP contribution < -0.4 is 9.80 Å². The fourth-order valence-electron chi connectivity index (χ4n) is 3.36. The van der Waals surface area contributed by atoms with Crippen molar-refractivity contribution >= 4 is 11.9 Å². The van der Waals surface area contributed by atoms with E-state index in [0.717, 1.165) is 26.2 Å². The second-order valence-corrected chi connectivity index (χ2v) is 6.79. The van der Waals surface area contributed by atoms with E-state index in [1.807, 2.05) is 30.5 Å². The zero-order valence-electron chi connectivity index (χ0n) is 16.0. The lowest BCUT2D eigenvalue weighted by Gasteiger charge is -2.30. The van der Waals surface area contributed by atoms with E-state index < -0.39 is 0 Å². The molecule has 3 aromatic rings. The van der Waals surface area contributed by atoms with Crippen molar-refractivity contribution in [2.75, 3.05) is 62.4 Å². The van der Waals surface area contributed by atoms with Crippen molar-refractivity contribution in [1.82, 2.24) is 29.7 Å². The van der Waals surface area contributed by atoms with Crippen LogP contribution in [0, 0.1) is 0 Å². The third-order valence-corrected chi connectivity index (χ3v) is 4.90. The largest absolute Gasteiger partial charge is 0.378 e. The number of ether oxygens (including phenoxy) is 2. The maximum absolute atomic E-state index is 5.48.